The molecule has 8 nitrogen and oxygen atoms in total. The van der Waals surface area contributed by atoms with Crippen molar-refractivity contribution in [3.05, 3.63) is 63.7 Å². The van der Waals surface area contributed by atoms with Gasteiger partial charge in [0.2, 0.25) is 0 Å². The Bertz CT molecular complexity index is 1640. The number of para-hydroxylation sites is 2. The Balaban J connectivity index is 1.70. The van der Waals surface area contributed by atoms with Crippen molar-refractivity contribution in [2.75, 3.05) is 13.7 Å². The summed E-state index contributed by atoms with van der Waals surface area (Å²) in [5.74, 6) is 1.17. The van der Waals surface area contributed by atoms with Crippen LogP contribution in [0.2, 0.25) is 5.02 Å². The number of nitrogens with zero attached hydrogens (tertiary/aromatic N) is 5. The molecule has 1 atom stereocenters. The fraction of sp³-hybridized carbons (Fsp3) is 0.280. The van der Waals surface area contributed by atoms with E-state index in [1.54, 1.807) is 23.8 Å². The molecule has 0 amide bonds. The maximum absolute atomic E-state index is 13.8. The first kappa shape index (κ1) is 21.1. The summed E-state index contributed by atoms with van der Waals surface area (Å²) in [4.78, 5) is 28.4. The molecule has 2 aromatic carbocycles. The van der Waals surface area contributed by atoms with Crippen LogP contribution in [0.3, 0.4) is 0 Å². The van der Waals surface area contributed by atoms with Gasteiger partial charge in [-0.15, -0.1) is 0 Å². The molecular formula is C25H22ClN5O3. The van der Waals surface area contributed by atoms with E-state index >= 15 is 0 Å². The van der Waals surface area contributed by atoms with E-state index in [1.807, 2.05) is 41.8 Å². The highest BCUT2D eigenvalue weighted by atomic mass is 35.5. The summed E-state index contributed by atoms with van der Waals surface area (Å²) in [6, 6.07) is 13.1. The topological polar surface area (TPSA) is 84.1 Å². The van der Waals surface area contributed by atoms with Crippen molar-refractivity contribution >= 4 is 44.8 Å². The molecule has 0 N–H and O–H groups in total. The summed E-state index contributed by atoms with van der Waals surface area (Å²) < 4.78 is 14.6. The number of benzene rings is 2. The standard InChI is InChI=1S/C25H22ClN5O3/c1-14-27-23-21(25(32)30(14)13-16-6-5-11-34-16)22-24(29-19-8-4-3-7-18(19)28-22)31(23)15-9-10-20(33-2)17(26)12-15/h3-4,7-10,12,16H,5-6,11,13H2,1-2H3/t16-/m0/s1. The number of hydrogen-bond donors (Lipinski definition) is 0. The average molecular weight is 476 g/mol. The molecule has 1 saturated heterocycles. The first-order valence-corrected chi connectivity index (χ1v) is 11.6. The largest absolute Gasteiger partial charge is 0.495 e. The fourth-order valence-corrected chi connectivity index (χ4v) is 4.93. The lowest BCUT2D eigenvalue weighted by molar-refractivity contribution is 0.0955. The van der Waals surface area contributed by atoms with Gasteiger partial charge in [0.15, 0.2) is 11.3 Å². The Hall–Kier alpha value is -3.49. The lowest BCUT2D eigenvalue weighted by Gasteiger charge is -2.15. The molecule has 0 aliphatic carbocycles. The van der Waals surface area contributed by atoms with Gasteiger partial charge < -0.3 is 9.47 Å². The van der Waals surface area contributed by atoms with E-state index in [0.717, 1.165) is 30.7 Å². The molecule has 6 rings (SSSR count). The maximum Gasteiger partial charge on any atom is 0.265 e. The molecule has 34 heavy (non-hydrogen) atoms. The number of ether oxygens (including phenoxy) is 2. The molecule has 9 heteroatoms. The average Bonchev–Trinajstić information content (AvgIpc) is 3.46. The van der Waals surface area contributed by atoms with Crippen molar-refractivity contribution in [2.45, 2.75) is 32.4 Å². The van der Waals surface area contributed by atoms with Crippen LogP contribution in [-0.4, -0.2) is 43.9 Å². The number of hydrogen-bond acceptors (Lipinski definition) is 6. The Labute approximate surface area is 199 Å². The quantitative estimate of drug-likeness (QED) is 0.382. The number of methoxy groups -OCH3 is 1. The highest BCUT2D eigenvalue weighted by molar-refractivity contribution is 6.32. The Morgan fingerprint density at radius 3 is 2.62 bits per heavy atom. The third-order valence-electron chi connectivity index (χ3n) is 6.36. The number of halogens is 1. The summed E-state index contributed by atoms with van der Waals surface area (Å²) in [6.07, 6.45) is 1.94. The lowest BCUT2D eigenvalue weighted by atomic mass is 10.2. The second-order valence-electron chi connectivity index (χ2n) is 8.45. The van der Waals surface area contributed by atoms with Gasteiger partial charge in [-0.2, -0.15) is 0 Å². The van der Waals surface area contributed by atoms with Crippen LogP contribution in [-0.2, 0) is 11.3 Å². The molecule has 172 valence electrons. The van der Waals surface area contributed by atoms with Crippen LogP contribution in [0.5, 0.6) is 5.75 Å². The number of aromatic nitrogens is 5. The summed E-state index contributed by atoms with van der Waals surface area (Å²) in [7, 11) is 1.57. The van der Waals surface area contributed by atoms with E-state index in [0.29, 0.717) is 50.9 Å². The van der Waals surface area contributed by atoms with Crippen LogP contribution in [0.1, 0.15) is 18.7 Å². The van der Waals surface area contributed by atoms with Gasteiger partial charge in [0.1, 0.15) is 22.5 Å². The third kappa shape index (κ3) is 3.25. The SMILES string of the molecule is COc1ccc(-n2c3nc4ccccc4nc3c3c(=O)n(C[C@@H]4CCCO4)c(C)nc32)cc1Cl. The van der Waals surface area contributed by atoms with Crippen molar-refractivity contribution in [3.63, 3.8) is 0 Å². The Morgan fingerprint density at radius 1 is 1.12 bits per heavy atom. The molecular weight excluding hydrogens is 454 g/mol. The maximum atomic E-state index is 13.8. The summed E-state index contributed by atoms with van der Waals surface area (Å²) in [5.41, 5.74) is 3.58. The molecule has 1 fully saturated rings. The van der Waals surface area contributed by atoms with Crippen LogP contribution >= 0.6 is 11.6 Å². The summed E-state index contributed by atoms with van der Waals surface area (Å²) in [6.45, 7) is 3.04. The smallest absolute Gasteiger partial charge is 0.265 e. The highest BCUT2D eigenvalue weighted by Gasteiger charge is 2.24. The Morgan fingerprint density at radius 2 is 1.91 bits per heavy atom. The molecule has 5 aromatic rings. The van der Waals surface area contributed by atoms with Gasteiger partial charge in [0.05, 0.1) is 41.5 Å². The summed E-state index contributed by atoms with van der Waals surface area (Å²) >= 11 is 6.45. The van der Waals surface area contributed by atoms with Crippen molar-refractivity contribution < 1.29 is 9.47 Å². The van der Waals surface area contributed by atoms with Crippen molar-refractivity contribution in [1.82, 2.24) is 24.1 Å². The van der Waals surface area contributed by atoms with E-state index in [9.17, 15) is 4.79 Å². The minimum atomic E-state index is -0.147. The Kier molecular flexibility index (Phi) is 5.00. The molecule has 0 unspecified atom stereocenters. The van der Waals surface area contributed by atoms with Gasteiger partial charge >= 0.3 is 0 Å². The predicted molar refractivity (Wildman–Crippen MR) is 131 cm³/mol. The van der Waals surface area contributed by atoms with E-state index in [-0.39, 0.29) is 11.7 Å². The van der Waals surface area contributed by atoms with Crippen LogP contribution in [0, 0.1) is 6.92 Å². The number of rotatable bonds is 4. The zero-order valence-electron chi connectivity index (χ0n) is 18.8. The molecule has 3 aromatic heterocycles. The molecule has 1 aliphatic rings. The van der Waals surface area contributed by atoms with Gasteiger partial charge in [0, 0.05) is 6.61 Å². The van der Waals surface area contributed by atoms with Crippen LogP contribution in [0.4, 0.5) is 0 Å². The molecule has 1 aliphatic heterocycles. The minimum Gasteiger partial charge on any atom is -0.495 e. The van der Waals surface area contributed by atoms with Crippen LogP contribution in [0.25, 0.3) is 38.9 Å². The van der Waals surface area contributed by atoms with Crippen molar-refractivity contribution in [1.29, 1.82) is 0 Å². The van der Waals surface area contributed by atoms with Gasteiger partial charge in [-0.25, -0.2) is 15.0 Å². The van der Waals surface area contributed by atoms with Crippen molar-refractivity contribution in [3.8, 4) is 11.4 Å². The van der Waals surface area contributed by atoms with Gasteiger partial charge in [-0.1, -0.05) is 23.7 Å². The normalized spacial score (nSPS) is 16.1. The van der Waals surface area contributed by atoms with Gasteiger partial charge in [-0.05, 0) is 50.1 Å². The molecule has 4 heterocycles. The van der Waals surface area contributed by atoms with E-state index in [1.165, 1.54) is 0 Å². The van der Waals surface area contributed by atoms with Crippen molar-refractivity contribution in [2.24, 2.45) is 0 Å². The monoisotopic (exact) mass is 475 g/mol. The number of fused-ring (bicyclic) bond motifs is 4. The van der Waals surface area contributed by atoms with Gasteiger partial charge in [-0.3, -0.25) is 13.9 Å². The van der Waals surface area contributed by atoms with Crippen LogP contribution in [0.15, 0.2) is 47.3 Å². The molecule has 0 spiro atoms. The molecule has 0 bridgehead atoms. The molecule has 0 saturated carbocycles. The van der Waals surface area contributed by atoms with Gasteiger partial charge in [0.25, 0.3) is 5.56 Å². The lowest BCUT2D eigenvalue weighted by Crippen LogP contribution is -2.29. The second-order valence-corrected chi connectivity index (χ2v) is 8.85. The van der Waals surface area contributed by atoms with E-state index in [2.05, 4.69) is 0 Å². The van der Waals surface area contributed by atoms with E-state index < -0.39 is 0 Å². The fourth-order valence-electron chi connectivity index (χ4n) is 4.68. The van der Waals surface area contributed by atoms with E-state index in [4.69, 9.17) is 36.0 Å². The first-order chi connectivity index (χ1) is 16.5. The number of aryl methyl sites for hydroxylation is 1. The zero-order valence-corrected chi connectivity index (χ0v) is 19.5. The highest BCUT2D eigenvalue weighted by Crippen LogP contribution is 2.32. The molecule has 0 radical (unpaired) electrons. The minimum absolute atomic E-state index is 0.0105. The zero-order chi connectivity index (χ0) is 23.4. The first-order valence-electron chi connectivity index (χ1n) is 11.2. The summed E-state index contributed by atoms with van der Waals surface area (Å²) in [5, 5.41) is 0.885. The second kappa shape index (κ2) is 8.07. The predicted octanol–water partition coefficient (Wildman–Crippen LogP) is 4.43. The van der Waals surface area contributed by atoms with Crippen LogP contribution < -0.4 is 10.3 Å². The third-order valence-corrected chi connectivity index (χ3v) is 6.65.